The molecule has 0 atom stereocenters. The van der Waals surface area contributed by atoms with Gasteiger partial charge in [0.05, 0.1) is 12.2 Å². The van der Waals surface area contributed by atoms with Gasteiger partial charge in [-0.25, -0.2) is 4.79 Å². The molecule has 1 aromatic carbocycles. The molecule has 0 unspecified atom stereocenters. The van der Waals surface area contributed by atoms with Crippen LogP contribution in [0.5, 0.6) is 0 Å². The fraction of sp³-hybridized carbons (Fsp3) is 0.429. The van der Waals surface area contributed by atoms with Crippen LogP contribution >= 0.6 is 0 Å². The van der Waals surface area contributed by atoms with Gasteiger partial charge in [0, 0.05) is 0 Å². The zero-order valence-electron chi connectivity index (χ0n) is 10.3. The Morgan fingerprint density at radius 2 is 1.78 bits per heavy atom. The fourth-order valence-electron chi connectivity index (χ4n) is 1.73. The molecule has 0 fully saturated rings. The lowest BCUT2D eigenvalue weighted by Gasteiger charge is -2.02. The first-order valence-corrected chi connectivity index (χ1v) is 6.11. The summed E-state index contributed by atoms with van der Waals surface area (Å²) in [5.41, 5.74) is 1.48. The van der Waals surface area contributed by atoms with Gasteiger partial charge in [-0.15, -0.1) is 0 Å². The SMILES string of the molecule is O=COCCCCCCc1ccc(C(=O)O)cc1. The minimum absolute atomic E-state index is 0.324. The second kappa shape index (κ2) is 8.28. The van der Waals surface area contributed by atoms with Crippen molar-refractivity contribution in [3.8, 4) is 0 Å². The van der Waals surface area contributed by atoms with E-state index in [4.69, 9.17) is 5.11 Å². The highest BCUT2D eigenvalue weighted by Crippen LogP contribution is 2.09. The van der Waals surface area contributed by atoms with Gasteiger partial charge in [-0.2, -0.15) is 0 Å². The maximum atomic E-state index is 10.7. The summed E-state index contributed by atoms with van der Waals surface area (Å²) in [5.74, 6) is -0.892. The van der Waals surface area contributed by atoms with Crippen LogP contribution in [-0.4, -0.2) is 24.2 Å². The molecule has 4 heteroatoms. The Labute approximate surface area is 107 Å². The number of hydrogen-bond acceptors (Lipinski definition) is 3. The lowest BCUT2D eigenvalue weighted by atomic mass is 10.0. The smallest absolute Gasteiger partial charge is 0.335 e. The lowest BCUT2D eigenvalue weighted by molar-refractivity contribution is -0.128. The zero-order valence-corrected chi connectivity index (χ0v) is 10.3. The molecular formula is C14H18O4. The van der Waals surface area contributed by atoms with Crippen molar-refractivity contribution in [2.45, 2.75) is 32.1 Å². The predicted octanol–water partition coefficient (Wildman–Crippen LogP) is 2.66. The van der Waals surface area contributed by atoms with Crippen LogP contribution in [0, 0.1) is 0 Å². The summed E-state index contributed by atoms with van der Waals surface area (Å²) >= 11 is 0. The summed E-state index contributed by atoms with van der Waals surface area (Å²) in [5, 5.41) is 8.76. The van der Waals surface area contributed by atoms with E-state index in [1.54, 1.807) is 12.1 Å². The number of carboxylic acids is 1. The molecule has 0 spiro atoms. The molecule has 0 aromatic heterocycles. The van der Waals surface area contributed by atoms with Crippen molar-refractivity contribution < 1.29 is 19.4 Å². The van der Waals surface area contributed by atoms with Crippen LogP contribution in [-0.2, 0) is 16.0 Å². The molecule has 0 saturated carbocycles. The second-order valence-corrected chi connectivity index (χ2v) is 4.13. The monoisotopic (exact) mass is 250 g/mol. The Morgan fingerprint density at radius 3 is 2.39 bits per heavy atom. The number of carbonyl (C=O) groups is 2. The molecule has 0 amide bonds. The molecule has 0 bridgehead atoms. The molecule has 98 valence electrons. The molecule has 1 rings (SSSR count). The molecule has 0 heterocycles. The summed E-state index contributed by atoms with van der Waals surface area (Å²) in [7, 11) is 0. The van der Waals surface area contributed by atoms with Gasteiger partial charge in [-0.3, -0.25) is 4.79 Å². The van der Waals surface area contributed by atoms with E-state index in [0.29, 0.717) is 18.6 Å². The van der Waals surface area contributed by atoms with E-state index in [2.05, 4.69) is 4.74 Å². The summed E-state index contributed by atoms with van der Waals surface area (Å²) in [6, 6.07) is 6.99. The number of benzene rings is 1. The molecule has 1 aromatic rings. The third-order valence-corrected chi connectivity index (χ3v) is 2.75. The summed E-state index contributed by atoms with van der Waals surface area (Å²) < 4.78 is 4.60. The predicted molar refractivity (Wildman–Crippen MR) is 67.6 cm³/mol. The van der Waals surface area contributed by atoms with Crippen molar-refractivity contribution in [3.63, 3.8) is 0 Å². The first kappa shape index (κ1) is 14.2. The minimum atomic E-state index is -0.892. The van der Waals surface area contributed by atoms with Crippen molar-refractivity contribution in [1.29, 1.82) is 0 Å². The van der Waals surface area contributed by atoms with Crippen LogP contribution in [0.15, 0.2) is 24.3 Å². The Bertz CT molecular complexity index is 370. The first-order chi connectivity index (χ1) is 8.74. The van der Waals surface area contributed by atoms with Crippen LogP contribution in [0.3, 0.4) is 0 Å². The summed E-state index contributed by atoms with van der Waals surface area (Å²) in [4.78, 5) is 20.6. The topological polar surface area (TPSA) is 63.6 Å². The molecule has 0 aliphatic rings. The van der Waals surface area contributed by atoms with Crippen LogP contribution in [0.4, 0.5) is 0 Å². The highest BCUT2D eigenvalue weighted by atomic mass is 16.5. The van der Waals surface area contributed by atoms with Crippen molar-refractivity contribution in [2.75, 3.05) is 6.61 Å². The molecule has 0 aliphatic heterocycles. The van der Waals surface area contributed by atoms with E-state index >= 15 is 0 Å². The second-order valence-electron chi connectivity index (χ2n) is 4.13. The Hall–Kier alpha value is -1.84. The third kappa shape index (κ3) is 5.48. The number of carbonyl (C=O) groups excluding carboxylic acids is 1. The average Bonchev–Trinajstić information content (AvgIpc) is 2.38. The normalized spacial score (nSPS) is 10.0. The largest absolute Gasteiger partial charge is 0.478 e. The van der Waals surface area contributed by atoms with Crippen LogP contribution in [0.25, 0.3) is 0 Å². The van der Waals surface area contributed by atoms with Gasteiger partial charge in [0.2, 0.25) is 0 Å². The van der Waals surface area contributed by atoms with Gasteiger partial charge in [0.15, 0.2) is 0 Å². The van der Waals surface area contributed by atoms with Gasteiger partial charge in [0.25, 0.3) is 6.47 Å². The number of carboxylic acid groups (broad SMARTS) is 1. The molecule has 0 saturated heterocycles. The first-order valence-electron chi connectivity index (χ1n) is 6.11. The lowest BCUT2D eigenvalue weighted by Crippen LogP contribution is -1.96. The van der Waals surface area contributed by atoms with E-state index in [0.717, 1.165) is 37.7 Å². The summed E-state index contributed by atoms with van der Waals surface area (Å²) in [6.45, 7) is 0.973. The van der Waals surface area contributed by atoms with Crippen molar-refractivity contribution in [1.82, 2.24) is 0 Å². The standard InChI is InChI=1S/C14H18O4/c15-11-18-10-4-2-1-3-5-12-6-8-13(9-7-12)14(16)17/h6-9,11H,1-5,10H2,(H,16,17). The van der Waals surface area contributed by atoms with Crippen molar-refractivity contribution >= 4 is 12.4 Å². The molecular weight excluding hydrogens is 232 g/mol. The maximum absolute atomic E-state index is 10.7. The highest BCUT2D eigenvalue weighted by molar-refractivity contribution is 5.87. The quantitative estimate of drug-likeness (QED) is 0.540. The van der Waals surface area contributed by atoms with E-state index in [9.17, 15) is 9.59 Å². The third-order valence-electron chi connectivity index (χ3n) is 2.75. The Balaban J connectivity index is 2.15. The van der Waals surface area contributed by atoms with Crippen LogP contribution in [0.1, 0.15) is 41.6 Å². The minimum Gasteiger partial charge on any atom is -0.478 e. The van der Waals surface area contributed by atoms with Crippen LogP contribution in [0.2, 0.25) is 0 Å². The molecule has 0 radical (unpaired) electrons. The van der Waals surface area contributed by atoms with E-state index in [1.165, 1.54) is 0 Å². The summed E-state index contributed by atoms with van der Waals surface area (Å²) in [6.07, 6.45) is 5.04. The van der Waals surface area contributed by atoms with Gasteiger partial charge in [-0.05, 0) is 37.0 Å². The van der Waals surface area contributed by atoms with Crippen molar-refractivity contribution in [3.05, 3.63) is 35.4 Å². The molecule has 0 aliphatic carbocycles. The molecule has 4 nitrogen and oxygen atoms in total. The fourth-order valence-corrected chi connectivity index (χ4v) is 1.73. The number of aromatic carboxylic acids is 1. The number of rotatable bonds is 9. The molecule has 1 N–H and O–H groups in total. The van der Waals surface area contributed by atoms with Gasteiger partial charge >= 0.3 is 5.97 Å². The number of ether oxygens (including phenoxy) is 1. The van der Waals surface area contributed by atoms with E-state index in [1.807, 2.05) is 12.1 Å². The molecule has 18 heavy (non-hydrogen) atoms. The van der Waals surface area contributed by atoms with Gasteiger partial charge in [-0.1, -0.05) is 25.0 Å². The van der Waals surface area contributed by atoms with Gasteiger partial charge < -0.3 is 9.84 Å². The Morgan fingerprint density at radius 1 is 1.11 bits per heavy atom. The number of aryl methyl sites for hydroxylation is 1. The maximum Gasteiger partial charge on any atom is 0.335 e. The number of unbranched alkanes of at least 4 members (excludes halogenated alkanes) is 3. The average molecular weight is 250 g/mol. The van der Waals surface area contributed by atoms with E-state index in [-0.39, 0.29) is 0 Å². The Kier molecular flexibility index (Phi) is 6.54. The van der Waals surface area contributed by atoms with E-state index < -0.39 is 5.97 Å². The van der Waals surface area contributed by atoms with Crippen LogP contribution < -0.4 is 0 Å². The highest BCUT2D eigenvalue weighted by Gasteiger charge is 2.01. The number of hydrogen-bond donors (Lipinski definition) is 1. The zero-order chi connectivity index (χ0) is 13.2. The van der Waals surface area contributed by atoms with Gasteiger partial charge in [0.1, 0.15) is 0 Å². The van der Waals surface area contributed by atoms with Crippen molar-refractivity contribution in [2.24, 2.45) is 0 Å².